The van der Waals surface area contributed by atoms with Crippen LogP contribution >= 0.6 is 15.9 Å². The van der Waals surface area contributed by atoms with Gasteiger partial charge < -0.3 is 9.47 Å². The average molecular weight is 358 g/mol. The maximum Gasteiger partial charge on any atom is 0.119 e. The van der Waals surface area contributed by atoms with Crippen LogP contribution in [0.1, 0.15) is 23.1 Å². The molecular formula is C19H18BrO2. The zero-order valence-electron chi connectivity index (χ0n) is 12.6. The molecule has 3 rings (SSSR count). The van der Waals surface area contributed by atoms with Gasteiger partial charge in [0.1, 0.15) is 11.5 Å². The molecule has 0 N–H and O–H groups in total. The Morgan fingerprint density at radius 2 is 1.77 bits per heavy atom. The van der Waals surface area contributed by atoms with E-state index in [1.807, 2.05) is 18.2 Å². The van der Waals surface area contributed by atoms with Crippen LogP contribution in [0, 0.1) is 6.92 Å². The molecule has 2 nitrogen and oxygen atoms in total. The summed E-state index contributed by atoms with van der Waals surface area (Å²) < 4.78 is 12.0. The lowest BCUT2D eigenvalue weighted by molar-refractivity contribution is 0.361. The summed E-state index contributed by atoms with van der Waals surface area (Å²) in [6.45, 7) is 4.14. The SMILES string of the molecule is [CH2]COc1ccc(C2=C(Br)CCc3cc(OC)ccc32)cc1. The van der Waals surface area contributed by atoms with E-state index in [0.29, 0.717) is 6.61 Å². The van der Waals surface area contributed by atoms with Crippen LogP contribution in [0.2, 0.25) is 0 Å². The summed E-state index contributed by atoms with van der Waals surface area (Å²) in [6, 6.07) is 14.5. The van der Waals surface area contributed by atoms with Gasteiger partial charge in [-0.3, -0.25) is 0 Å². The quantitative estimate of drug-likeness (QED) is 0.765. The molecule has 1 aliphatic carbocycles. The number of methoxy groups -OCH3 is 1. The van der Waals surface area contributed by atoms with Crippen molar-refractivity contribution in [3.8, 4) is 11.5 Å². The molecule has 1 radical (unpaired) electrons. The summed E-state index contributed by atoms with van der Waals surface area (Å²) in [5, 5.41) is 0. The minimum Gasteiger partial charge on any atom is -0.497 e. The molecule has 22 heavy (non-hydrogen) atoms. The van der Waals surface area contributed by atoms with Gasteiger partial charge in [-0.05, 0) is 66.3 Å². The number of rotatable bonds is 4. The zero-order valence-corrected chi connectivity index (χ0v) is 14.2. The largest absolute Gasteiger partial charge is 0.497 e. The Bertz CT molecular complexity index is 702. The summed E-state index contributed by atoms with van der Waals surface area (Å²) in [5.74, 6) is 1.76. The van der Waals surface area contributed by atoms with E-state index in [0.717, 1.165) is 24.3 Å². The molecule has 1 aliphatic rings. The second kappa shape index (κ2) is 6.57. The standard InChI is InChI=1S/C19H18BrO2/c1-3-22-15-7-4-13(5-8-15)19-17-10-9-16(21-2)12-14(17)6-11-18(19)20/h4-5,7-10,12H,1,3,6,11H2,2H3. The highest BCUT2D eigenvalue weighted by molar-refractivity contribution is 9.11. The Morgan fingerprint density at radius 1 is 1.05 bits per heavy atom. The van der Waals surface area contributed by atoms with Crippen LogP contribution in [-0.2, 0) is 6.42 Å². The van der Waals surface area contributed by atoms with Crippen molar-refractivity contribution < 1.29 is 9.47 Å². The normalized spacial score (nSPS) is 13.8. The monoisotopic (exact) mass is 357 g/mol. The fourth-order valence-electron chi connectivity index (χ4n) is 2.81. The third kappa shape index (κ3) is 2.91. The van der Waals surface area contributed by atoms with Crippen molar-refractivity contribution in [2.24, 2.45) is 0 Å². The molecule has 0 aliphatic heterocycles. The molecule has 0 atom stereocenters. The number of hydrogen-bond donors (Lipinski definition) is 0. The maximum atomic E-state index is 5.42. The van der Waals surface area contributed by atoms with Crippen LogP contribution in [0.25, 0.3) is 5.57 Å². The van der Waals surface area contributed by atoms with Crippen LogP contribution in [0.15, 0.2) is 46.9 Å². The second-order valence-corrected chi connectivity index (χ2v) is 6.13. The number of aryl methyl sites for hydroxylation is 1. The third-order valence-electron chi connectivity index (χ3n) is 3.88. The summed E-state index contributed by atoms with van der Waals surface area (Å²) >= 11 is 3.75. The molecule has 0 heterocycles. The van der Waals surface area contributed by atoms with Crippen LogP contribution in [0.3, 0.4) is 0 Å². The Balaban J connectivity index is 2.02. The van der Waals surface area contributed by atoms with E-state index in [2.05, 4.69) is 47.1 Å². The number of fused-ring (bicyclic) bond motifs is 1. The van der Waals surface area contributed by atoms with Crippen molar-refractivity contribution in [3.63, 3.8) is 0 Å². The maximum absolute atomic E-state index is 5.42. The van der Waals surface area contributed by atoms with E-state index in [1.165, 1.54) is 26.7 Å². The molecule has 3 heteroatoms. The molecule has 0 amide bonds. The fraction of sp³-hybridized carbons (Fsp3) is 0.211. The Hall–Kier alpha value is -1.74. The topological polar surface area (TPSA) is 18.5 Å². The minimum absolute atomic E-state index is 0.439. The van der Waals surface area contributed by atoms with Crippen molar-refractivity contribution in [2.45, 2.75) is 12.8 Å². The third-order valence-corrected chi connectivity index (χ3v) is 4.67. The molecule has 0 bridgehead atoms. The smallest absolute Gasteiger partial charge is 0.119 e. The van der Waals surface area contributed by atoms with E-state index in [9.17, 15) is 0 Å². The molecular weight excluding hydrogens is 340 g/mol. The van der Waals surface area contributed by atoms with Crippen LogP contribution < -0.4 is 9.47 Å². The number of allylic oxidation sites excluding steroid dienone is 1. The van der Waals surface area contributed by atoms with Gasteiger partial charge in [-0.25, -0.2) is 0 Å². The first kappa shape index (κ1) is 15.2. The van der Waals surface area contributed by atoms with Gasteiger partial charge in [0.25, 0.3) is 0 Å². The van der Waals surface area contributed by atoms with Gasteiger partial charge in [-0.15, -0.1) is 0 Å². The van der Waals surface area contributed by atoms with E-state index >= 15 is 0 Å². The van der Waals surface area contributed by atoms with Gasteiger partial charge in [0.15, 0.2) is 0 Å². The summed E-state index contributed by atoms with van der Waals surface area (Å²) in [7, 11) is 1.71. The summed E-state index contributed by atoms with van der Waals surface area (Å²) in [5.41, 5.74) is 5.04. The first-order valence-electron chi connectivity index (χ1n) is 7.31. The predicted octanol–water partition coefficient (Wildman–Crippen LogP) is 5.01. The number of halogens is 1. The predicted molar refractivity (Wildman–Crippen MR) is 93.6 cm³/mol. The molecule has 2 aromatic rings. The highest BCUT2D eigenvalue weighted by atomic mass is 79.9. The Labute approximate surface area is 139 Å². The lowest BCUT2D eigenvalue weighted by atomic mass is 9.87. The first-order chi connectivity index (χ1) is 10.7. The average Bonchev–Trinajstić information content (AvgIpc) is 2.56. The fourth-order valence-corrected chi connectivity index (χ4v) is 3.45. The summed E-state index contributed by atoms with van der Waals surface area (Å²) in [4.78, 5) is 0. The molecule has 0 spiro atoms. The van der Waals surface area contributed by atoms with Crippen LogP contribution in [0.4, 0.5) is 0 Å². The Kier molecular flexibility index (Phi) is 4.53. The van der Waals surface area contributed by atoms with Crippen molar-refractivity contribution in [3.05, 3.63) is 70.6 Å². The molecule has 0 fully saturated rings. The number of hydrogen-bond acceptors (Lipinski definition) is 2. The molecule has 113 valence electrons. The van der Waals surface area contributed by atoms with E-state index in [1.54, 1.807) is 7.11 Å². The van der Waals surface area contributed by atoms with Crippen molar-refractivity contribution >= 4 is 21.5 Å². The van der Waals surface area contributed by atoms with Gasteiger partial charge in [-0.2, -0.15) is 0 Å². The van der Waals surface area contributed by atoms with Crippen LogP contribution in [0.5, 0.6) is 11.5 Å². The molecule has 2 aromatic carbocycles. The molecule has 0 saturated heterocycles. The van der Waals surface area contributed by atoms with Gasteiger partial charge in [0.2, 0.25) is 0 Å². The highest BCUT2D eigenvalue weighted by Gasteiger charge is 2.19. The molecule has 0 unspecified atom stereocenters. The van der Waals surface area contributed by atoms with Gasteiger partial charge in [-0.1, -0.05) is 34.1 Å². The molecule has 0 saturated carbocycles. The van der Waals surface area contributed by atoms with E-state index < -0.39 is 0 Å². The first-order valence-corrected chi connectivity index (χ1v) is 8.10. The van der Waals surface area contributed by atoms with Gasteiger partial charge in [0, 0.05) is 4.48 Å². The van der Waals surface area contributed by atoms with Crippen molar-refractivity contribution in [1.29, 1.82) is 0 Å². The minimum atomic E-state index is 0.439. The summed E-state index contributed by atoms with van der Waals surface area (Å²) in [6.07, 6.45) is 2.03. The molecule has 0 aromatic heterocycles. The van der Waals surface area contributed by atoms with E-state index in [4.69, 9.17) is 9.47 Å². The van der Waals surface area contributed by atoms with Crippen molar-refractivity contribution in [1.82, 2.24) is 0 Å². The van der Waals surface area contributed by atoms with Crippen molar-refractivity contribution in [2.75, 3.05) is 13.7 Å². The second-order valence-electron chi connectivity index (χ2n) is 5.18. The number of benzene rings is 2. The van der Waals surface area contributed by atoms with Crippen LogP contribution in [-0.4, -0.2) is 13.7 Å². The van der Waals surface area contributed by atoms with E-state index in [-0.39, 0.29) is 0 Å². The van der Waals surface area contributed by atoms with Gasteiger partial charge >= 0.3 is 0 Å². The Morgan fingerprint density at radius 3 is 2.45 bits per heavy atom. The zero-order chi connectivity index (χ0) is 15.5. The number of ether oxygens (including phenoxy) is 2. The highest BCUT2D eigenvalue weighted by Crippen LogP contribution is 2.40. The lowest BCUT2D eigenvalue weighted by Gasteiger charge is -2.22. The lowest BCUT2D eigenvalue weighted by Crippen LogP contribution is -2.04. The van der Waals surface area contributed by atoms with Gasteiger partial charge in [0.05, 0.1) is 13.7 Å².